The number of rotatable bonds is 1. The standard InChI is InChI=1S/C17H17NS/c1-3-14(18)17-12-6-4-5-7-15(12)19-16-9-8-11(2)10-13(16)17/h4-10H,3,18H2,1-2H3/b17-14-. The van der Waals surface area contributed by atoms with Gasteiger partial charge in [0.2, 0.25) is 0 Å². The summed E-state index contributed by atoms with van der Waals surface area (Å²) in [7, 11) is 0. The summed E-state index contributed by atoms with van der Waals surface area (Å²) < 4.78 is 0. The molecule has 3 rings (SSSR count). The van der Waals surface area contributed by atoms with Crippen LogP contribution in [-0.4, -0.2) is 0 Å². The van der Waals surface area contributed by atoms with E-state index in [9.17, 15) is 0 Å². The van der Waals surface area contributed by atoms with Crippen LogP contribution in [0.4, 0.5) is 0 Å². The zero-order valence-electron chi connectivity index (χ0n) is 11.2. The molecule has 1 aliphatic rings. The molecule has 1 aliphatic heterocycles. The van der Waals surface area contributed by atoms with E-state index in [-0.39, 0.29) is 0 Å². The van der Waals surface area contributed by atoms with Crippen LogP contribution in [0.2, 0.25) is 0 Å². The van der Waals surface area contributed by atoms with Gasteiger partial charge in [-0.25, -0.2) is 0 Å². The van der Waals surface area contributed by atoms with Gasteiger partial charge in [0, 0.05) is 21.1 Å². The Morgan fingerprint density at radius 1 is 1.05 bits per heavy atom. The Morgan fingerprint density at radius 3 is 2.58 bits per heavy atom. The Kier molecular flexibility index (Phi) is 3.11. The molecule has 2 aromatic carbocycles. The molecule has 0 unspecified atom stereocenters. The molecule has 1 nitrogen and oxygen atoms in total. The molecule has 0 saturated heterocycles. The number of aryl methyl sites for hydroxylation is 1. The topological polar surface area (TPSA) is 26.0 Å². The molecule has 0 atom stereocenters. The van der Waals surface area contributed by atoms with Crippen LogP contribution in [-0.2, 0) is 0 Å². The van der Waals surface area contributed by atoms with E-state index in [1.54, 1.807) is 0 Å². The van der Waals surface area contributed by atoms with Gasteiger partial charge in [0.05, 0.1) is 0 Å². The van der Waals surface area contributed by atoms with Crippen LogP contribution in [0, 0.1) is 6.92 Å². The Bertz CT molecular complexity index is 671. The van der Waals surface area contributed by atoms with Crippen LogP contribution in [0.3, 0.4) is 0 Å². The maximum Gasteiger partial charge on any atom is 0.0202 e. The molecule has 2 N–H and O–H groups in total. The number of benzene rings is 2. The molecule has 0 amide bonds. The second-order valence-electron chi connectivity index (χ2n) is 4.85. The van der Waals surface area contributed by atoms with Gasteiger partial charge in [-0.05, 0) is 36.6 Å². The lowest BCUT2D eigenvalue weighted by molar-refractivity contribution is 1.06. The molecule has 0 bridgehead atoms. The first-order valence-electron chi connectivity index (χ1n) is 6.57. The van der Waals surface area contributed by atoms with E-state index in [1.165, 1.54) is 32.1 Å². The van der Waals surface area contributed by atoms with Crippen molar-refractivity contribution < 1.29 is 0 Å². The first kappa shape index (κ1) is 12.4. The van der Waals surface area contributed by atoms with Gasteiger partial charge in [0.15, 0.2) is 0 Å². The highest BCUT2D eigenvalue weighted by molar-refractivity contribution is 7.99. The molecule has 0 spiro atoms. The summed E-state index contributed by atoms with van der Waals surface area (Å²) in [6.07, 6.45) is 0.877. The molecule has 0 saturated carbocycles. The van der Waals surface area contributed by atoms with Crippen molar-refractivity contribution in [2.75, 3.05) is 0 Å². The highest BCUT2D eigenvalue weighted by Gasteiger charge is 2.22. The van der Waals surface area contributed by atoms with Gasteiger partial charge in [-0.15, -0.1) is 0 Å². The van der Waals surface area contributed by atoms with Crippen LogP contribution >= 0.6 is 11.8 Å². The van der Waals surface area contributed by atoms with Crippen molar-refractivity contribution in [3.63, 3.8) is 0 Å². The van der Waals surface area contributed by atoms with E-state index in [2.05, 4.69) is 56.3 Å². The number of allylic oxidation sites excluding steroid dienone is 1. The van der Waals surface area contributed by atoms with Crippen molar-refractivity contribution in [1.29, 1.82) is 0 Å². The number of fused-ring (bicyclic) bond motifs is 2. The summed E-state index contributed by atoms with van der Waals surface area (Å²) in [5.74, 6) is 0. The highest BCUT2D eigenvalue weighted by Crippen LogP contribution is 2.46. The van der Waals surface area contributed by atoms with Crippen LogP contribution < -0.4 is 5.73 Å². The zero-order chi connectivity index (χ0) is 13.4. The summed E-state index contributed by atoms with van der Waals surface area (Å²) >= 11 is 1.83. The second kappa shape index (κ2) is 4.78. The van der Waals surface area contributed by atoms with E-state index in [1.807, 2.05) is 11.8 Å². The van der Waals surface area contributed by atoms with Gasteiger partial charge in [-0.1, -0.05) is 54.6 Å². The van der Waals surface area contributed by atoms with Gasteiger partial charge in [-0.3, -0.25) is 0 Å². The SMILES string of the molecule is CC/C(N)=C1\c2ccccc2Sc2ccc(C)cc21. The van der Waals surface area contributed by atoms with E-state index < -0.39 is 0 Å². The Morgan fingerprint density at radius 2 is 1.79 bits per heavy atom. The summed E-state index contributed by atoms with van der Waals surface area (Å²) in [6.45, 7) is 4.24. The number of hydrogen-bond acceptors (Lipinski definition) is 2. The summed E-state index contributed by atoms with van der Waals surface area (Å²) in [4.78, 5) is 2.60. The van der Waals surface area contributed by atoms with E-state index in [0.717, 1.165) is 12.1 Å². The predicted molar refractivity (Wildman–Crippen MR) is 82.2 cm³/mol. The van der Waals surface area contributed by atoms with Crippen molar-refractivity contribution in [2.45, 2.75) is 30.1 Å². The smallest absolute Gasteiger partial charge is 0.0202 e. The molecule has 0 aliphatic carbocycles. The third-order valence-electron chi connectivity index (χ3n) is 3.48. The maximum atomic E-state index is 6.30. The highest BCUT2D eigenvalue weighted by atomic mass is 32.2. The fourth-order valence-corrected chi connectivity index (χ4v) is 3.55. The van der Waals surface area contributed by atoms with Crippen LogP contribution in [0.25, 0.3) is 5.57 Å². The molecule has 1 heterocycles. The molecule has 2 heteroatoms. The fraction of sp³-hybridized carbons (Fsp3) is 0.176. The van der Waals surface area contributed by atoms with Crippen molar-refractivity contribution in [3.8, 4) is 0 Å². The molecule has 0 aromatic heterocycles. The van der Waals surface area contributed by atoms with E-state index in [0.29, 0.717) is 0 Å². The normalized spacial score (nSPS) is 15.7. The predicted octanol–water partition coefficient (Wildman–Crippen LogP) is 4.59. The number of hydrogen-bond donors (Lipinski definition) is 1. The van der Waals surface area contributed by atoms with Crippen molar-refractivity contribution in [1.82, 2.24) is 0 Å². The van der Waals surface area contributed by atoms with Crippen LogP contribution in [0.5, 0.6) is 0 Å². The van der Waals surface area contributed by atoms with Gasteiger partial charge < -0.3 is 5.73 Å². The molecule has 0 radical (unpaired) electrons. The summed E-state index contributed by atoms with van der Waals surface area (Å²) in [6, 6.07) is 15.1. The average Bonchev–Trinajstić information content (AvgIpc) is 2.44. The first-order chi connectivity index (χ1) is 9.20. The zero-order valence-corrected chi connectivity index (χ0v) is 12.1. The lowest BCUT2D eigenvalue weighted by atomic mass is 9.93. The van der Waals surface area contributed by atoms with Crippen molar-refractivity contribution >= 4 is 17.3 Å². The molecular weight excluding hydrogens is 250 g/mol. The molecule has 96 valence electrons. The summed E-state index contributed by atoms with van der Waals surface area (Å²) in [5, 5.41) is 0. The molecule has 19 heavy (non-hydrogen) atoms. The summed E-state index contributed by atoms with van der Waals surface area (Å²) in [5.41, 5.74) is 12.3. The molecular formula is C17H17NS. The average molecular weight is 267 g/mol. The van der Waals surface area contributed by atoms with Crippen LogP contribution in [0.15, 0.2) is 58.0 Å². The van der Waals surface area contributed by atoms with E-state index >= 15 is 0 Å². The minimum absolute atomic E-state index is 0.877. The quantitative estimate of drug-likeness (QED) is 0.698. The van der Waals surface area contributed by atoms with Crippen molar-refractivity contribution in [2.24, 2.45) is 5.73 Å². The van der Waals surface area contributed by atoms with Crippen LogP contribution in [0.1, 0.15) is 30.0 Å². The monoisotopic (exact) mass is 267 g/mol. The second-order valence-corrected chi connectivity index (χ2v) is 5.94. The maximum absolute atomic E-state index is 6.30. The first-order valence-corrected chi connectivity index (χ1v) is 7.39. The third-order valence-corrected chi connectivity index (χ3v) is 4.63. The minimum atomic E-state index is 0.877. The minimum Gasteiger partial charge on any atom is -0.402 e. The molecule has 2 aromatic rings. The largest absolute Gasteiger partial charge is 0.402 e. The lowest BCUT2D eigenvalue weighted by Crippen LogP contribution is -2.07. The number of nitrogens with two attached hydrogens (primary N) is 1. The Hall–Kier alpha value is -1.67. The van der Waals surface area contributed by atoms with Gasteiger partial charge in [0.25, 0.3) is 0 Å². The van der Waals surface area contributed by atoms with Gasteiger partial charge >= 0.3 is 0 Å². The third kappa shape index (κ3) is 2.06. The lowest BCUT2D eigenvalue weighted by Gasteiger charge is -2.24. The fourth-order valence-electron chi connectivity index (χ4n) is 2.48. The van der Waals surface area contributed by atoms with Gasteiger partial charge in [0.1, 0.15) is 0 Å². The Labute approximate surface area is 118 Å². The van der Waals surface area contributed by atoms with Gasteiger partial charge in [-0.2, -0.15) is 0 Å². The van der Waals surface area contributed by atoms with E-state index in [4.69, 9.17) is 5.73 Å². The van der Waals surface area contributed by atoms with Crippen molar-refractivity contribution in [3.05, 3.63) is 64.9 Å². The molecule has 0 fully saturated rings. The Balaban J connectivity index is 2.32.